The molecule has 26 heavy (non-hydrogen) atoms. The second-order valence-electron chi connectivity index (χ2n) is 5.65. The number of methoxy groups -OCH3 is 1. The molecule has 5 nitrogen and oxygen atoms in total. The van der Waals surface area contributed by atoms with Gasteiger partial charge in [0, 0.05) is 5.33 Å². The molecule has 2 rings (SSSR count). The number of hydrogen-bond acceptors (Lipinski definition) is 4. The van der Waals surface area contributed by atoms with E-state index >= 15 is 0 Å². The Labute approximate surface area is 162 Å². The Morgan fingerprint density at radius 2 is 1.69 bits per heavy atom. The van der Waals surface area contributed by atoms with Crippen molar-refractivity contribution in [3.05, 3.63) is 71.8 Å². The van der Waals surface area contributed by atoms with Gasteiger partial charge in [-0.1, -0.05) is 76.6 Å². The van der Waals surface area contributed by atoms with Gasteiger partial charge in [0.25, 0.3) is 0 Å². The lowest BCUT2D eigenvalue weighted by Gasteiger charge is -2.31. The number of nitriles is 1. The normalized spacial score (nSPS) is 12.7. The summed E-state index contributed by atoms with van der Waals surface area (Å²) in [6.45, 7) is 0.625. The Balaban J connectivity index is 2.15. The lowest BCUT2D eigenvalue weighted by Crippen LogP contribution is -2.47. The standard InChI is InChI=1S/C20H21BrN2O3/c1-25-20(24)23(14-16-8-4-2-5-9-16)18(13-22)19(12-21)26-15-17-10-6-3-7-11-17/h2-11,18-19H,12,14-15H2,1H3/t18-,19-/m1/s1. The number of benzene rings is 2. The van der Waals surface area contributed by atoms with Crippen molar-refractivity contribution < 1.29 is 14.3 Å². The molecule has 0 N–H and O–H groups in total. The van der Waals surface area contributed by atoms with Crippen LogP contribution in [-0.2, 0) is 22.6 Å². The van der Waals surface area contributed by atoms with Crippen molar-refractivity contribution in [2.75, 3.05) is 12.4 Å². The van der Waals surface area contributed by atoms with Crippen molar-refractivity contribution in [2.45, 2.75) is 25.3 Å². The SMILES string of the molecule is COC(=O)N(Cc1ccccc1)[C@H](C#N)[C@@H](CBr)OCc1ccccc1. The fraction of sp³-hybridized carbons (Fsp3) is 0.300. The molecule has 0 spiro atoms. The van der Waals surface area contributed by atoms with Crippen LogP contribution in [0, 0.1) is 11.3 Å². The van der Waals surface area contributed by atoms with E-state index in [9.17, 15) is 10.1 Å². The molecule has 0 aromatic heterocycles. The molecule has 0 radical (unpaired) electrons. The Hall–Kier alpha value is -2.36. The fourth-order valence-electron chi connectivity index (χ4n) is 2.52. The van der Waals surface area contributed by atoms with Gasteiger partial charge in [-0.25, -0.2) is 4.79 Å². The minimum atomic E-state index is -0.786. The number of hydrogen-bond donors (Lipinski definition) is 0. The van der Waals surface area contributed by atoms with Gasteiger partial charge in [0.15, 0.2) is 0 Å². The summed E-state index contributed by atoms with van der Waals surface area (Å²) >= 11 is 3.40. The van der Waals surface area contributed by atoms with Crippen LogP contribution < -0.4 is 0 Å². The van der Waals surface area contributed by atoms with Gasteiger partial charge >= 0.3 is 6.09 Å². The largest absolute Gasteiger partial charge is 0.453 e. The minimum Gasteiger partial charge on any atom is -0.453 e. The van der Waals surface area contributed by atoms with E-state index in [1.165, 1.54) is 12.0 Å². The number of carbonyl (C=O) groups excluding carboxylic acids is 1. The summed E-state index contributed by atoms with van der Waals surface area (Å²) < 4.78 is 10.8. The zero-order chi connectivity index (χ0) is 18.8. The molecular weight excluding hydrogens is 396 g/mol. The number of carbonyl (C=O) groups is 1. The van der Waals surface area contributed by atoms with Crippen LogP contribution in [0.4, 0.5) is 4.79 Å². The summed E-state index contributed by atoms with van der Waals surface area (Å²) in [6.07, 6.45) is -1.06. The maximum Gasteiger partial charge on any atom is 0.410 e. The summed E-state index contributed by atoms with van der Waals surface area (Å²) in [6, 6.07) is 20.6. The van der Waals surface area contributed by atoms with Crippen LogP contribution in [0.1, 0.15) is 11.1 Å². The van der Waals surface area contributed by atoms with Crippen LogP contribution in [0.25, 0.3) is 0 Å². The maximum absolute atomic E-state index is 12.3. The summed E-state index contributed by atoms with van der Waals surface area (Å²) in [5.41, 5.74) is 1.91. The maximum atomic E-state index is 12.3. The van der Waals surface area contributed by atoms with Crippen molar-refractivity contribution in [1.29, 1.82) is 5.26 Å². The molecule has 6 heteroatoms. The van der Waals surface area contributed by atoms with Gasteiger partial charge in [0.1, 0.15) is 12.1 Å². The Bertz CT molecular complexity index is 719. The molecule has 2 atom stereocenters. The van der Waals surface area contributed by atoms with Crippen LogP contribution in [0.15, 0.2) is 60.7 Å². The smallest absolute Gasteiger partial charge is 0.410 e. The third-order valence-electron chi connectivity index (χ3n) is 3.88. The van der Waals surface area contributed by atoms with E-state index in [-0.39, 0.29) is 6.54 Å². The monoisotopic (exact) mass is 416 g/mol. The summed E-state index contributed by atoms with van der Waals surface area (Å²) in [4.78, 5) is 13.7. The highest BCUT2D eigenvalue weighted by atomic mass is 79.9. The number of nitrogens with zero attached hydrogens (tertiary/aromatic N) is 2. The van der Waals surface area contributed by atoms with E-state index in [4.69, 9.17) is 9.47 Å². The van der Waals surface area contributed by atoms with Gasteiger partial charge in [-0.15, -0.1) is 0 Å². The molecule has 0 saturated carbocycles. The van der Waals surface area contributed by atoms with Crippen molar-refractivity contribution >= 4 is 22.0 Å². The van der Waals surface area contributed by atoms with Gasteiger partial charge in [-0.05, 0) is 11.1 Å². The zero-order valence-electron chi connectivity index (χ0n) is 14.5. The fourth-order valence-corrected chi connectivity index (χ4v) is 3.07. The van der Waals surface area contributed by atoms with Crippen molar-refractivity contribution in [1.82, 2.24) is 4.90 Å². The van der Waals surface area contributed by atoms with Gasteiger partial charge in [0.05, 0.1) is 26.3 Å². The molecular formula is C20H21BrN2O3. The summed E-state index contributed by atoms with van der Waals surface area (Å²) in [7, 11) is 1.31. The Morgan fingerprint density at radius 3 is 2.19 bits per heavy atom. The number of ether oxygens (including phenoxy) is 2. The van der Waals surface area contributed by atoms with Gasteiger partial charge in [0.2, 0.25) is 0 Å². The van der Waals surface area contributed by atoms with E-state index in [1.807, 2.05) is 60.7 Å². The van der Waals surface area contributed by atoms with E-state index in [1.54, 1.807) is 0 Å². The summed E-state index contributed by atoms with van der Waals surface area (Å²) in [5, 5.41) is 10.1. The molecule has 2 aromatic carbocycles. The number of rotatable bonds is 8. The number of alkyl halides is 1. The molecule has 0 fully saturated rings. The first kappa shape index (κ1) is 20.0. The third-order valence-corrected chi connectivity index (χ3v) is 4.52. The highest BCUT2D eigenvalue weighted by Gasteiger charge is 2.32. The van der Waals surface area contributed by atoms with Crippen LogP contribution in [0.3, 0.4) is 0 Å². The molecule has 0 heterocycles. The van der Waals surface area contributed by atoms with Gasteiger partial charge in [-0.3, -0.25) is 4.90 Å². The molecule has 0 unspecified atom stereocenters. The highest BCUT2D eigenvalue weighted by molar-refractivity contribution is 9.09. The van der Waals surface area contributed by atoms with E-state index < -0.39 is 18.2 Å². The first-order valence-electron chi connectivity index (χ1n) is 8.19. The number of amides is 1. The van der Waals surface area contributed by atoms with Crippen molar-refractivity contribution in [3.63, 3.8) is 0 Å². The highest BCUT2D eigenvalue weighted by Crippen LogP contribution is 2.17. The first-order chi connectivity index (χ1) is 12.7. The zero-order valence-corrected chi connectivity index (χ0v) is 16.1. The summed E-state index contributed by atoms with van der Waals surface area (Å²) in [5.74, 6) is 0. The van der Waals surface area contributed by atoms with Crippen molar-refractivity contribution in [2.24, 2.45) is 0 Å². The van der Waals surface area contributed by atoms with Crippen LogP contribution in [0.2, 0.25) is 0 Å². The molecule has 2 aromatic rings. The Kier molecular flexibility index (Phi) is 8.13. The molecule has 1 amide bonds. The molecule has 0 aliphatic rings. The lowest BCUT2D eigenvalue weighted by atomic mass is 10.1. The average Bonchev–Trinajstić information content (AvgIpc) is 2.70. The molecule has 0 saturated heterocycles. The molecule has 136 valence electrons. The molecule has 0 bridgehead atoms. The second kappa shape index (κ2) is 10.6. The first-order valence-corrected chi connectivity index (χ1v) is 9.31. The predicted molar refractivity (Wildman–Crippen MR) is 103 cm³/mol. The average molecular weight is 417 g/mol. The molecule has 0 aliphatic carbocycles. The van der Waals surface area contributed by atoms with Gasteiger partial charge < -0.3 is 9.47 Å². The quantitative estimate of drug-likeness (QED) is 0.606. The third kappa shape index (κ3) is 5.58. The van der Waals surface area contributed by atoms with E-state index in [0.29, 0.717) is 11.9 Å². The second-order valence-corrected chi connectivity index (χ2v) is 6.29. The predicted octanol–water partition coefficient (Wildman–Crippen LogP) is 4.13. The van der Waals surface area contributed by atoms with E-state index in [2.05, 4.69) is 22.0 Å². The van der Waals surface area contributed by atoms with E-state index in [0.717, 1.165) is 11.1 Å². The lowest BCUT2D eigenvalue weighted by molar-refractivity contribution is 0.00644. The van der Waals surface area contributed by atoms with Crippen LogP contribution >= 0.6 is 15.9 Å². The van der Waals surface area contributed by atoms with Crippen LogP contribution in [0.5, 0.6) is 0 Å². The minimum absolute atomic E-state index is 0.268. The van der Waals surface area contributed by atoms with Crippen LogP contribution in [-0.4, -0.2) is 35.6 Å². The van der Waals surface area contributed by atoms with Gasteiger partial charge in [-0.2, -0.15) is 5.26 Å². The number of halogens is 1. The molecule has 0 aliphatic heterocycles. The topological polar surface area (TPSA) is 62.6 Å². The Morgan fingerprint density at radius 1 is 1.12 bits per heavy atom. The van der Waals surface area contributed by atoms with Crippen molar-refractivity contribution in [3.8, 4) is 6.07 Å².